The van der Waals surface area contributed by atoms with E-state index in [2.05, 4.69) is 20.0 Å². The Morgan fingerprint density at radius 1 is 1.28 bits per heavy atom. The summed E-state index contributed by atoms with van der Waals surface area (Å²) in [5.74, 6) is 5.62. The van der Waals surface area contributed by atoms with Crippen LogP contribution in [-0.2, 0) is 4.74 Å². The maximum atomic E-state index is 12.2. The first kappa shape index (κ1) is 17.8. The first-order valence-corrected chi connectivity index (χ1v) is 9.17. The van der Waals surface area contributed by atoms with Gasteiger partial charge in [-0.25, -0.2) is 5.84 Å². The first-order valence-electron chi connectivity index (χ1n) is 8.39. The normalized spacial score (nSPS) is 15.1. The van der Waals surface area contributed by atoms with E-state index in [-0.39, 0.29) is 5.91 Å². The summed E-state index contributed by atoms with van der Waals surface area (Å²) in [6.07, 6.45) is 0.974. The monoisotopic (exact) mass is 361 g/mol. The molecule has 3 rings (SSSR count). The standard InChI is InChI=1S/C17H23N5O2S/c18-20-17(23)14-15(13-5-2-1-3-6-13)25-21-16(14)19-7-4-8-22-9-11-24-12-10-22/h1-3,5-6H,4,7-12,18H2,(H,19,21)(H,20,23). The summed E-state index contributed by atoms with van der Waals surface area (Å²) in [7, 11) is 0. The van der Waals surface area contributed by atoms with Crippen molar-refractivity contribution in [1.29, 1.82) is 0 Å². The van der Waals surface area contributed by atoms with Gasteiger partial charge in [-0.15, -0.1) is 0 Å². The highest BCUT2D eigenvalue weighted by atomic mass is 32.1. The van der Waals surface area contributed by atoms with Crippen LogP contribution < -0.4 is 16.6 Å². The van der Waals surface area contributed by atoms with Gasteiger partial charge in [-0.05, 0) is 30.1 Å². The fourth-order valence-electron chi connectivity index (χ4n) is 2.81. The number of nitrogens with one attached hydrogen (secondary N) is 2. The third-order valence-electron chi connectivity index (χ3n) is 4.13. The molecule has 7 nitrogen and oxygen atoms in total. The van der Waals surface area contributed by atoms with E-state index < -0.39 is 0 Å². The summed E-state index contributed by atoms with van der Waals surface area (Å²) in [6.45, 7) is 5.33. The van der Waals surface area contributed by atoms with Crippen LogP contribution >= 0.6 is 11.5 Å². The molecule has 1 saturated heterocycles. The molecule has 25 heavy (non-hydrogen) atoms. The molecule has 1 fully saturated rings. The molecule has 0 spiro atoms. The number of carbonyl (C=O) groups is 1. The highest BCUT2D eigenvalue weighted by Gasteiger charge is 2.21. The second kappa shape index (κ2) is 8.91. The van der Waals surface area contributed by atoms with E-state index in [9.17, 15) is 4.79 Å². The van der Waals surface area contributed by atoms with Crippen LogP contribution in [0.5, 0.6) is 0 Å². The molecular formula is C17H23N5O2S. The average molecular weight is 361 g/mol. The fourth-order valence-corrected chi connectivity index (χ4v) is 3.67. The smallest absolute Gasteiger partial charge is 0.270 e. The second-order valence-electron chi connectivity index (χ2n) is 5.81. The van der Waals surface area contributed by atoms with Crippen molar-refractivity contribution in [3.63, 3.8) is 0 Å². The zero-order chi connectivity index (χ0) is 17.5. The van der Waals surface area contributed by atoms with Crippen molar-refractivity contribution in [2.24, 2.45) is 5.84 Å². The Balaban J connectivity index is 1.64. The van der Waals surface area contributed by atoms with Crippen molar-refractivity contribution in [1.82, 2.24) is 14.7 Å². The third kappa shape index (κ3) is 4.55. The molecule has 0 radical (unpaired) electrons. The Labute approximate surface area is 151 Å². The van der Waals surface area contributed by atoms with Crippen LogP contribution in [0.2, 0.25) is 0 Å². The number of nitrogens with zero attached hydrogens (tertiary/aromatic N) is 2. The third-order valence-corrected chi connectivity index (χ3v) is 5.03. The molecule has 134 valence electrons. The lowest BCUT2D eigenvalue weighted by Crippen LogP contribution is -2.37. The van der Waals surface area contributed by atoms with Gasteiger partial charge in [-0.3, -0.25) is 15.1 Å². The van der Waals surface area contributed by atoms with E-state index in [1.165, 1.54) is 11.5 Å². The van der Waals surface area contributed by atoms with Gasteiger partial charge in [0.25, 0.3) is 5.91 Å². The van der Waals surface area contributed by atoms with E-state index in [0.717, 1.165) is 56.3 Å². The molecule has 1 aliphatic rings. The number of hydrogen-bond donors (Lipinski definition) is 3. The summed E-state index contributed by atoms with van der Waals surface area (Å²) >= 11 is 1.30. The van der Waals surface area contributed by atoms with Crippen LogP contribution in [0.15, 0.2) is 30.3 Å². The van der Waals surface area contributed by atoms with Crippen molar-refractivity contribution in [3.8, 4) is 10.4 Å². The molecular weight excluding hydrogens is 338 g/mol. The summed E-state index contributed by atoms with van der Waals surface area (Å²) in [5, 5.41) is 3.28. The molecule has 2 aromatic rings. The minimum atomic E-state index is -0.330. The zero-order valence-electron chi connectivity index (χ0n) is 14.0. The molecule has 0 unspecified atom stereocenters. The van der Waals surface area contributed by atoms with Crippen molar-refractivity contribution < 1.29 is 9.53 Å². The molecule has 0 aliphatic carbocycles. The van der Waals surface area contributed by atoms with E-state index in [4.69, 9.17) is 10.6 Å². The molecule has 1 aromatic carbocycles. The van der Waals surface area contributed by atoms with Crippen LogP contribution in [0, 0.1) is 0 Å². The van der Waals surface area contributed by atoms with Gasteiger partial charge in [0.2, 0.25) is 0 Å². The van der Waals surface area contributed by atoms with Gasteiger partial charge in [-0.2, -0.15) is 4.37 Å². The van der Waals surface area contributed by atoms with E-state index >= 15 is 0 Å². The first-order chi connectivity index (χ1) is 12.3. The van der Waals surface area contributed by atoms with E-state index in [0.29, 0.717) is 11.4 Å². The lowest BCUT2D eigenvalue weighted by Gasteiger charge is -2.26. The second-order valence-corrected chi connectivity index (χ2v) is 6.58. The van der Waals surface area contributed by atoms with Crippen LogP contribution in [0.3, 0.4) is 0 Å². The number of hydrazine groups is 1. The van der Waals surface area contributed by atoms with Crippen molar-refractivity contribution in [2.45, 2.75) is 6.42 Å². The van der Waals surface area contributed by atoms with Crippen LogP contribution in [0.4, 0.5) is 5.82 Å². The predicted octanol–water partition coefficient (Wildman–Crippen LogP) is 1.55. The number of nitrogen functional groups attached to an aromatic ring is 1. The van der Waals surface area contributed by atoms with Crippen LogP contribution in [0.25, 0.3) is 10.4 Å². The molecule has 8 heteroatoms. The zero-order valence-corrected chi connectivity index (χ0v) is 14.8. The molecule has 1 amide bonds. The molecule has 4 N–H and O–H groups in total. The summed E-state index contributed by atoms with van der Waals surface area (Å²) in [6, 6.07) is 9.74. The maximum absolute atomic E-state index is 12.2. The summed E-state index contributed by atoms with van der Waals surface area (Å²) < 4.78 is 9.78. The number of rotatable bonds is 7. The highest BCUT2D eigenvalue weighted by Crippen LogP contribution is 2.33. The SMILES string of the molecule is NNC(=O)c1c(NCCCN2CCOCC2)nsc1-c1ccccc1. The van der Waals surface area contributed by atoms with Gasteiger partial charge in [0.05, 0.1) is 18.1 Å². The van der Waals surface area contributed by atoms with Crippen LogP contribution in [-0.4, -0.2) is 54.6 Å². The van der Waals surface area contributed by atoms with Gasteiger partial charge in [0.15, 0.2) is 5.82 Å². The molecule has 0 saturated carbocycles. The summed E-state index contributed by atoms with van der Waals surface area (Å²) in [4.78, 5) is 15.4. The molecule has 1 aliphatic heterocycles. The molecule has 2 heterocycles. The predicted molar refractivity (Wildman–Crippen MR) is 99.6 cm³/mol. The van der Waals surface area contributed by atoms with Gasteiger partial charge < -0.3 is 10.1 Å². The van der Waals surface area contributed by atoms with Gasteiger partial charge >= 0.3 is 0 Å². The number of morpholine rings is 1. The van der Waals surface area contributed by atoms with E-state index in [1.54, 1.807) is 0 Å². The number of nitrogens with two attached hydrogens (primary N) is 1. The number of carbonyl (C=O) groups excluding carboxylic acids is 1. The highest BCUT2D eigenvalue weighted by molar-refractivity contribution is 7.10. The van der Waals surface area contributed by atoms with Crippen molar-refractivity contribution in [2.75, 3.05) is 44.7 Å². The van der Waals surface area contributed by atoms with Gasteiger partial charge in [0.1, 0.15) is 5.56 Å². The topological polar surface area (TPSA) is 92.5 Å². The van der Waals surface area contributed by atoms with Crippen LogP contribution in [0.1, 0.15) is 16.8 Å². The molecule has 0 atom stereocenters. The Bertz CT molecular complexity index is 686. The number of hydrogen-bond acceptors (Lipinski definition) is 7. The van der Waals surface area contributed by atoms with Gasteiger partial charge in [-0.1, -0.05) is 30.3 Å². The Hall–Kier alpha value is -2.00. The number of anilines is 1. The lowest BCUT2D eigenvalue weighted by atomic mass is 10.1. The van der Waals surface area contributed by atoms with Crippen molar-refractivity contribution in [3.05, 3.63) is 35.9 Å². The number of amides is 1. The number of ether oxygens (including phenoxy) is 1. The number of benzene rings is 1. The maximum Gasteiger partial charge on any atom is 0.270 e. The molecule has 0 bridgehead atoms. The quantitative estimate of drug-likeness (QED) is 0.300. The van der Waals surface area contributed by atoms with Gasteiger partial charge in [0, 0.05) is 19.6 Å². The van der Waals surface area contributed by atoms with E-state index in [1.807, 2.05) is 30.3 Å². The largest absolute Gasteiger partial charge is 0.379 e. The average Bonchev–Trinajstić information content (AvgIpc) is 3.10. The Morgan fingerprint density at radius 2 is 2.04 bits per heavy atom. The minimum Gasteiger partial charge on any atom is -0.379 e. The fraction of sp³-hybridized carbons (Fsp3) is 0.412. The molecule has 1 aromatic heterocycles. The summed E-state index contributed by atoms with van der Waals surface area (Å²) in [5.41, 5.74) is 3.69. The van der Waals surface area contributed by atoms with Crippen molar-refractivity contribution >= 4 is 23.3 Å². The Kier molecular flexibility index (Phi) is 6.35. The minimum absolute atomic E-state index is 0.330. The Morgan fingerprint density at radius 3 is 2.76 bits per heavy atom. The lowest BCUT2D eigenvalue weighted by molar-refractivity contribution is 0.0378. The number of aromatic nitrogens is 1.